The van der Waals surface area contributed by atoms with E-state index in [0.29, 0.717) is 0 Å². The minimum Gasteiger partial charge on any atom is -0.431 e. The Kier molecular flexibility index (Phi) is 18.3. The SMILES string of the molecule is CCCCCCCCCCCCCCCCCC(CC)OC(=O)OC1CCCC[N]1. The Balaban J connectivity index is 1.86. The molecular formula is C26H50NO3. The minimum atomic E-state index is -0.529. The molecule has 0 aromatic carbocycles. The average Bonchev–Trinajstić information content (AvgIpc) is 2.76. The molecule has 0 N–H and O–H groups in total. The van der Waals surface area contributed by atoms with Crippen molar-refractivity contribution in [3.05, 3.63) is 0 Å². The third-order valence-corrected chi connectivity index (χ3v) is 6.27. The number of unbranched alkanes of at least 4 members (excludes halogenated alkanes) is 14. The molecule has 1 rings (SSSR count). The number of carbonyl (C=O) groups excluding carboxylic acids is 1. The van der Waals surface area contributed by atoms with Crippen molar-refractivity contribution >= 4 is 6.16 Å². The first kappa shape index (κ1) is 27.3. The van der Waals surface area contributed by atoms with Crippen molar-refractivity contribution in [3.8, 4) is 0 Å². The number of carbonyl (C=O) groups is 1. The zero-order valence-corrected chi connectivity index (χ0v) is 20.2. The van der Waals surface area contributed by atoms with Crippen LogP contribution in [0.5, 0.6) is 0 Å². The number of nitrogens with zero attached hydrogens (tertiary/aromatic N) is 1. The Morgan fingerprint density at radius 1 is 0.800 bits per heavy atom. The number of hydrogen-bond donors (Lipinski definition) is 0. The van der Waals surface area contributed by atoms with Gasteiger partial charge in [0.25, 0.3) is 0 Å². The molecule has 0 aromatic heterocycles. The van der Waals surface area contributed by atoms with E-state index in [9.17, 15) is 4.79 Å². The van der Waals surface area contributed by atoms with Crippen LogP contribution in [0.2, 0.25) is 0 Å². The molecule has 0 aliphatic carbocycles. The van der Waals surface area contributed by atoms with Crippen LogP contribution in [0.15, 0.2) is 0 Å². The van der Waals surface area contributed by atoms with Crippen molar-refractivity contribution in [2.75, 3.05) is 6.54 Å². The third-order valence-electron chi connectivity index (χ3n) is 6.27. The Labute approximate surface area is 187 Å². The number of rotatable bonds is 19. The highest BCUT2D eigenvalue weighted by molar-refractivity contribution is 5.60. The summed E-state index contributed by atoms with van der Waals surface area (Å²) in [4.78, 5) is 11.9. The Morgan fingerprint density at radius 2 is 1.33 bits per heavy atom. The first-order chi connectivity index (χ1) is 14.8. The van der Waals surface area contributed by atoms with Gasteiger partial charge in [-0.25, -0.2) is 10.1 Å². The maximum absolute atomic E-state index is 11.9. The maximum Gasteiger partial charge on any atom is 0.510 e. The molecule has 1 heterocycles. The number of piperidine rings is 1. The van der Waals surface area contributed by atoms with Crippen LogP contribution in [-0.2, 0) is 9.47 Å². The van der Waals surface area contributed by atoms with Crippen molar-refractivity contribution in [3.63, 3.8) is 0 Å². The van der Waals surface area contributed by atoms with Gasteiger partial charge in [0.1, 0.15) is 6.10 Å². The van der Waals surface area contributed by atoms with Crippen LogP contribution in [0, 0.1) is 0 Å². The summed E-state index contributed by atoms with van der Waals surface area (Å²) < 4.78 is 10.8. The van der Waals surface area contributed by atoms with E-state index >= 15 is 0 Å². The standard InChI is InChI=1S/C26H50NO3/c1-3-5-6-7-8-9-10-11-12-13-14-15-16-17-18-21-24(4-2)29-26(28)30-25-22-19-20-23-27-25/h24-25H,3-23H2,1-2H3. The summed E-state index contributed by atoms with van der Waals surface area (Å²) in [5.41, 5.74) is 0. The predicted octanol–water partition coefficient (Wildman–Crippen LogP) is 8.29. The van der Waals surface area contributed by atoms with Gasteiger partial charge in [-0.1, -0.05) is 104 Å². The molecule has 1 saturated heterocycles. The number of hydrogen-bond acceptors (Lipinski definition) is 3. The first-order valence-corrected chi connectivity index (χ1v) is 13.3. The molecule has 0 spiro atoms. The van der Waals surface area contributed by atoms with Gasteiger partial charge in [0.15, 0.2) is 6.23 Å². The zero-order chi connectivity index (χ0) is 21.7. The highest BCUT2D eigenvalue weighted by atomic mass is 16.7. The van der Waals surface area contributed by atoms with Crippen LogP contribution in [0.3, 0.4) is 0 Å². The maximum atomic E-state index is 11.9. The van der Waals surface area contributed by atoms with E-state index in [-0.39, 0.29) is 12.3 Å². The molecule has 2 unspecified atom stereocenters. The molecule has 30 heavy (non-hydrogen) atoms. The van der Waals surface area contributed by atoms with E-state index in [4.69, 9.17) is 9.47 Å². The third kappa shape index (κ3) is 16.0. The van der Waals surface area contributed by atoms with Gasteiger partial charge in [-0.2, -0.15) is 0 Å². The molecule has 0 amide bonds. The van der Waals surface area contributed by atoms with Crippen LogP contribution < -0.4 is 5.32 Å². The Bertz CT molecular complexity index is 382. The molecule has 2 atom stereocenters. The summed E-state index contributed by atoms with van der Waals surface area (Å²) in [6.45, 7) is 5.16. The second-order valence-electron chi connectivity index (χ2n) is 9.11. The molecule has 4 heteroatoms. The Morgan fingerprint density at radius 3 is 1.80 bits per heavy atom. The van der Waals surface area contributed by atoms with Crippen molar-refractivity contribution < 1.29 is 14.3 Å². The van der Waals surface area contributed by atoms with E-state index in [1.54, 1.807) is 0 Å². The van der Waals surface area contributed by atoms with Gasteiger partial charge < -0.3 is 9.47 Å². The van der Waals surface area contributed by atoms with Gasteiger partial charge in [0.05, 0.1) is 0 Å². The van der Waals surface area contributed by atoms with E-state index in [0.717, 1.165) is 45.1 Å². The minimum absolute atomic E-state index is 0.0111. The monoisotopic (exact) mass is 424 g/mol. The fourth-order valence-electron chi connectivity index (χ4n) is 4.22. The summed E-state index contributed by atoms with van der Waals surface area (Å²) in [6, 6.07) is 0. The molecular weight excluding hydrogens is 374 g/mol. The zero-order valence-electron chi connectivity index (χ0n) is 20.2. The van der Waals surface area contributed by atoms with Crippen molar-refractivity contribution in [2.45, 2.75) is 155 Å². The van der Waals surface area contributed by atoms with Gasteiger partial charge in [-0.15, -0.1) is 0 Å². The van der Waals surface area contributed by atoms with Gasteiger partial charge in [0.2, 0.25) is 0 Å². The molecule has 0 bridgehead atoms. The molecule has 4 nitrogen and oxygen atoms in total. The molecule has 177 valence electrons. The lowest BCUT2D eigenvalue weighted by Crippen LogP contribution is -2.33. The summed E-state index contributed by atoms with van der Waals surface area (Å²) in [6.07, 6.45) is 24.6. The molecule has 0 saturated carbocycles. The smallest absolute Gasteiger partial charge is 0.431 e. The summed E-state index contributed by atoms with van der Waals surface area (Å²) in [5.74, 6) is 0. The molecule has 1 aliphatic rings. The number of ether oxygens (including phenoxy) is 2. The summed E-state index contributed by atoms with van der Waals surface area (Å²) >= 11 is 0. The van der Waals surface area contributed by atoms with Crippen LogP contribution in [-0.4, -0.2) is 25.0 Å². The fourth-order valence-corrected chi connectivity index (χ4v) is 4.22. The van der Waals surface area contributed by atoms with Crippen molar-refractivity contribution in [1.82, 2.24) is 5.32 Å². The second-order valence-corrected chi connectivity index (χ2v) is 9.11. The topological polar surface area (TPSA) is 49.6 Å². The van der Waals surface area contributed by atoms with Crippen LogP contribution >= 0.6 is 0 Å². The fraction of sp³-hybridized carbons (Fsp3) is 0.962. The van der Waals surface area contributed by atoms with Gasteiger partial charge in [0, 0.05) is 6.54 Å². The highest BCUT2D eigenvalue weighted by Crippen LogP contribution is 2.17. The van der Waals surface area contributed by atoms with E-state index in [1.165, 1.54) is 89.9 Å². The van der Waals surface area contributed by atoms with Gasteiger partial charge >= 0.3 is 6.16 Å². The van der Waals surface area contributed by atoms with Gasteiger partial charge in [-0.3, -0.25) is 0 Å². The lowest BCUT2D eigenvalue weighted by molar-refractivity contribution is -0.0222. The molecule has 1 aliphatic heterocycles. The largest absolute Gasteiger partial charge is 0.510 e. The predicted molar refractivity (Wildman–Crippen MR) is 126 cm³/mol. The molecule has 1 fully saturated rings. The lowest BCUT2D eigenvalue weighted by atomic mass is 10.0. The van der Waals surface area contributed by atoms with Crippen molar-refractivity contribution in [2.24, 2.45) is 0 Å². The van der Waals surface area contributed by atoms with E-state index < -0.39 is 6.16 Å². The normalized spacial score (nSPS) is 17.6. The Hall–Kier alpha value is -0.770. The molecule has 1 radical (unpaired) electrons. The summed E-state index contributed by atoms with van der Waals surface area (Å²) in [5, 5.41) is 4.32. The quantitative estimate of drug-likeness (QED) is 0.155. The average molecular weight is 425 g/mol. The van der Waals surface area contributed by atoms with E-state index in [1.807, 2.05) is 0 Å². The molecule has 0 aromatic rings. The summed E-state index contributed by atoms with van der Waals surface area (Å²) in [7, 11) is 0. The van der Waals surface area contributed by atoms with Crippen LogP contribution in [0.1, 0.15) is 142 Å². The lowest BCUT2D eigenvalue weighted by Gasteiger charge is -2.23. The first-order valence-electron chi connectivity index (χ1n) is 13.3. The highest BCUT2D eigenvalue weighted by Gasteiger charge is 2.21. The van der Waals surface area contributed by atoms with Crippen LogP contribution in [0.4, 0.5) is 4.79 Å². The van der Waals surface area contributed by atoms with Crippen molar-refractivity contribution in [1.29, 1.82) is 0 Å². The van der Waals surface area contributed by atoms with Crippen LogP contribution in [0.25, 0.3) is 0 Å². The second kappa shape index (κ2) is 20.2. The van der Waals surface area contributed by atoms with E-state index in [2.05, 4.69) is 19.2 Å². The van der Waals surface area contributed by atoms with Gasteiger partial charge in [-0.05, 0) is 38.5 Å².